The molecular weight excluding hydrogens is 238 g/mol. The third-order valence-corrected chi connectivity index (χ3v) is 4.67. The Labute approximate surface area is 117 Å². The summed E-state index contributed by atoms with van der Waals surface area (Å²) in [5.41, 5.74) is 5.81. The first-order valence-corrected chi connectivity index (χ1v) is 7.93. The van der Waals surface area contributed by atoms with Crippen LogP contribution in [0.1, 0.15) is 45.4 Å². The molecule has 0 aromatic heterocycles. The molecule has 1 saturated heterocycles. The molecule has 0 radical (unpaired) electrons. The van der Waals surface area contributed by atoms with Crippen molar-refractivity contribution in [1.29, 1.82) is 0 Å². The number of nitrogens with zero attached hydrogens (tertiary/aromatic N) is 1. The molecule has 0 bridgehead atoms. The van der Waals surface area contributed by atoms with Gasteiger partial charge in [0.15, 0.2) is 0 Å². The molecule has 3 atom stereocenters. The molecule has 4 nitrogen and oxygen atoms in total. The average molecular weight is 267 g/mol. The topological polar surface area (TPSA) is 58.4 Å². The van der Waals surface area contributed by atoms with E-state index in [1.807, 2.05) is 0 Å². The van der Waals surface area contributed by atoms with Gasteiger partial charge in [-0.05, 0) is 58.2 Å². The summed E-state index contributed by atoms with van der Waals surface area (Å²) in [4.78, 5) is 14.8. The van der Waals surface area contributed by atoms with Crippen LogP contribution in [0.5, 0.6) is 0 Å². The Balaban J connectivity index is 1.78. The minimum atomic E-state index is 0.153. The molecule has 2 rings (SSSR count). The zero-order valence-electron chi connectivity index (χ0n) is 12.2. The van der Waals surface area contributed by atoms with E-state index >= 15 is 0 Å². The molecule has 0 aromatic carbocycles. The van der Waals surface area contributed by atoms with Gasteiger partial charge < -0.3 is 16.0 Å². The highest BCUT2D eigenvalue weighted by atomic mass is 16.2. The Bertz CT molecular complexity index is 289. The number of rotatable bonds is 5. The van der Waals surface area contributed by atoms with Crippen molar-refractivity contribution in [2.75, 3.05) is 26.2 Å². The van der Waals surface area contributed by atoms with E-state index in [2.05, 4.69) is 17.1 Å². The molecule has 0 aromatic rings. The van der Waals surface area contributed by atoms with E-state index in [4.69, 9.17) is 5.73 Å². The molecule has 19 heavy (non-hydrogen) atoms. The maximum absolute atomic E-state index is 12.4. The molecule has 1 heterocycles. The highest BCUT2D eigenvalue weighted by molar-refractivity contribution is 5.79. The fourth-order valence-electron chi connectivity index (χ4n) is 3.58. The van der Waals surface area contributed by atoms with Gasteiger partial charge in [0, 0.05) is 18.5 Å². The quantitative estimate of drug-likeness (QED) is 0.790. The van der Waals surface area contributed by atoms with Crippen LogP contribution >= 0.6 is 0 Å². The van der Waals surface area contributed by atoms with E-state index in [1.165, 1.54) is 38.8 Å². The van der Waals surface area contributed by atoms with E-state index in [-0.39, 0.29) is 17.9 Å². The number of hydrogen-bond donors (Lipinski definition) is 2. The van der Waals surface area contributed by atoms with Crippen molar-refractivity contribution in [3.8, 4) is 0 Å². The second-order valence-electron chi connectivity index (χ2n) is 6.30. The van der Waals surface area contributed by atoms with Crippen LogP contribution in [0.3, 0.4) is 0 Å². The maximum Gasteiger partial charge on any atom is 0.223 e. The molecule has 3 unspecified atom stereocenters. The first kappa shape index (κ1) is 14.8. The molecule has 4 heteroatoms. The third-order valence-electron chi connectivity index (χ3n) is 4.67. The number of carbonyl (C=O) groups is 1. The van der Waals surface area contributed by atoms with Crippen LogP contribution in [0.25, 0.3) is 0 Å². The van der Waals surface area contributed by atoms with Gasteiger partial charge in [0.2, 0.25) is 5.91 Å². The summed E-state index contributed by atoms with van der Waals surface area (Å²) in [5, 5.41) is 3.20. The molecule has 110 valence electrons. The largest absolute Gasteiger partial charge is 0.352 e. The smallest absolute Gasteiger partial charge is 0.223 e. The number of nitrogens with two attached hydrogens (primary N) is 1. The van der Waals surface area contributed by atoms with E-state index in [0.29, 0.717) is 12.5 Å². The molecule has 3 N–H and O–H groups in total. The van der Waals surface area contributed by atoms with Crippen molar-refractivity contribution in [3.63, 3.8) is 0 Å². The van der Waals surface area contributed by atoms with E-state index < -0.39 is 0 Å². The molecule has 2 aliphatic rings. The van der Waals surface area contributed by atoms with Gasteiger partial charge in [-0.15, -0.1) is 0 Å². The Morgan fingerprint density at radius 2 is 1.95 bits per heavy atom. The van der Waals surface area contributed by atoms with Crippen LogP contribution in [0.4, 0.5) is 0 Å². The number of carbonyl (C=O) groups excluding carboxylic acids is 1. The van der Waals surface area contributed by atoms with Crippen molar-refractivity contribution >= 4 is 5.91 Å². The second-order valence-corrected chi connectivity index (χ2v) is 6.30. The standard InChI is InChI=1S/C15H29N3O/c1-12(11-18-8-4-5-9-18)17-15(19)14-7-3-2-6-13(14)10-16/h12-14H,2-11,16H2,1H3,(H,17,19). The van der Waals surface area contributed by atoms with Crippen LogP contribution in [0.15, 0.2) is 0 Å². The Morgan fingerprint density at radius 3 is 2.63 bits per heavy atom. The second kappa shape index (κ2) is 7.25. The highest BCUT2D eigenvalue weighted by Crippen LogP contribution is 2.29. The van der Waals surface area contributed by atoms with Gasteiger partial charge in [-0.1, -0.05) is 12.8 Å². The van der Waals surface area contributed by atoms with Crippen LogP contribution in [-0.2, 0) is 4.79 Å². The molecule has 1 amide bonds. The summed E-state index contributed by atoms with van der Waals surface area (Å²) in [5.74, 6) is 0.786. The first-order valence-electron chi connectivity index (χ1n) is 7.93. The lowest BCUT2D eigenvalue weighted by molar-refractivity contribution is -0.128. The van der Waals surface area contributed by atoms with Gasteiger partial charge >= 0.3 is 0 Å². The van der Waals surface area contributed by atoms with Gasteiger partial charge in [-0.3, -0.25) is 4.79 Å². The Hall–Kier alpha value is -0.610. The lowest BCUT2D eigenvalue weighted by atomic mass is 9.78. The van der Waals surface area contributed by atoms with Gasteiger partial charge in [0.25, 0.3) is 0 Å². The van der Waals surface area contributed by atoms with Crippen LogP contribution in [-0.4, -0.2) is 43.0 Å². The molecule has 1 aliphatic carbocycles. The monoisotopic (exact) mass is 267 g/mol. The minimum Gasteiger partial charge on any atom is -0.352 e. The van der Waals surface area contributed by atoms with Gasteiger partial charge in [-0.2, -0.15) is 0 Å². The lowest BCUT2D eigenvalue weighted by Crippen LogP contribution is -2.46. The Kier molecular flexibility index (Phi) is 5.64. The SMILES string of the molecule is CC(CN1CCCC1)NC(=O)C1CCCCC1CN. The van der Waals surface area contributed by atoms with Gasteiger partial charge in [0.1, 0.15) is 0 Å². The van der Waals surface area contributed by atoms with Crippen molar-refractivity contribution < 1.29 is 4.79 Å². The summed E-state index contributed by atoms with van der Waals surface area (Å²) in [6.45, 7) is 6.14. The van der Waals surface area contributed by atoms with E-state index in [9.17, 15) is 4.79 Å². The summed E-state index contributed by atoms with van der Waals surface area (Å²) >= 11 is 0. The zero-order chi connectivity index (χ0) is 13.7. The lowest BCUT2D eigenvalue weighted by Gasteiger charge is -2.31. The van der Waals surface area contributed by atoms with Crippen LogP contribution < -0.4 is 11.1 Å². The van der Waals surface area contributed by atoms with Crippen molar-refractivity contribution in [3.05, 3.63) is 0 Å². The van der Waals surface area contributed by atoms with Gasteiger partial charge in [0.05, 0.1) is 0 Å². The van der Waals surface area contributed by atoms with Crippen molar-refractivity contribution in [1.82, 2.24) is 10.2 Å². The summed E-state index contributed by atoms with van der Waals surface area (Å²) in [6.07, 6.45) is 7.15. The average Bonchev–Trinajstić information content (AvgIpc) is 2.91. The number of nitrogens with one attached hydrogen (secondary N) is 1. The van der Waals surface area contributed by atoms with Crippen LogP contribution in [0.2, 0.25) is 0 Å². The third kappa shape index (κ3) is 4.18. The van der Waals surface area contributed by atoms with Gasteiger partial charge in [-0.25, -0.2) is 0 Å². The molecular formula is C15H29N3O. The fourth-order valence-corrected chi connectivity index (χ4v) is 3.58. The minimum absolute atomic E-state index is 0.153. The normalized spacial score (nSPS) is 30.2. The van der Waals surface area contributed by atoms with Crippen LogP contribution in [0, 0.1) is 11.8 Å². The zero-order valence-corrected chi connectivity index (χ0v) is 12.2. The molecule has 1 aliphatic heterocycles. The predicted molar refractivity (Wildman–Crippen MR) is 77.8 cm³/mol. The molecule has 1 saturated carbocycles. The molecule has 2 fully saturated rings. The van der Waals surface area contributed by atoms with E-state index in [1.54, 1.807) is 0 Å². The molecule has 0 spiro atoms. The van der Waals surface area contributed by atoms with E-state index in [0.717, 1.165) is 19.4 Å². The summed E-state index contributed by atoms with van der Waals surface area (Å²) < 4.78 is 0. The summed E-state index contributed by atoms with van der Waals surface area (Å²) in [6, 6.07) is 0.256. The number of amides is 1. The summed E-state index contributed by atoms with van der Waals surface area (Å²) in [7, 11) is 0. The fraction of sp³-hybridized carbons (Fsp3) is 0.933. The first-order chi connectivity index (χ1) is 9.20. The maximum atomic E-state index is 12.4. The highest BCUT2D eigenvalue weighted by Gasteiger charge is 2.30. The number of likely N-dealkylation sites (tertiary alicyclic amines) is 1. The number of hydrogen-bond acceptors (Lipinski definition) is 3. The Morgan fingerprint density at radius 1 is 1.26 bits per heavy atom. The van der Waals surface area contributed by atoms with Crippen molar-refractivity contribution in [2.24, 2.45) is 17.6 Å². The van der Waals surface area contributed by atoms with Crippen molar-refractivity contribution in [2.45, 2.75) is 51.5 Å². The predicted octanol–water partition coefficient (Wildman–Crippen LogP) is 1.35.